The summed E-state index contributed by atoms with van der Waals surface area (Å²) in [5.41, 5.74) is -0.285. The topological polar surface area (TPSA) is 38.7 Å². The smallest absolute Gasteiger partial charge is 0.418 e. The van der Waals surface area contributed by atoms with Gasteiger partial charge in [0.05, 0.1) is 13.2 Å². The molecule has 100 valence electrons. The van der Waals surface area contributed by atoms with E-state index in [0.717, 1.165) is 6.07 Å². The molecule has 0 aromatic heterocycles. The first-order valence-corrected chi connectivity index (χ1v) is 6.02. The van der Waals surface area contributed by atoms with Crippen molar-refractivity contribution in [2.24, 2.45) is 0 Å². The van der Waals surface area contributed by atoms with E-state index in [9.17, 15) is 18.3 Å². The van der Waals surface area contributed by atoms with Gasteiger partial charge in [-0.05, 0) is 12.1 Å². The second-order valence-corrected chi connectivity index (χ2v) is 4.67. The lowest BCUT2D eigenvalue weighted by Crippen LogP contribution is -2.20. The van der Waals surface area contributed by atoms with Crippen molar-refractivity contribution in [3.05, 3.63) is 22.2 Å². The summed E-state index contributed by atoms with van der Waals surface area (Å²) in [6.45, 7) is 0.816. The van der Waals surface area contributed by atoms with Gasteiger partial charge in [-0.1, -0.05) is 15.9 Å². The summed E-state index contributed by atoms with van der Waals surface area (Å²) in [5, 5.41) is 9.26. The van der Waals surface area contributed by atoms with Crippen LogP contribution in [0, 0.1) is 0 Å². The van der Waals surface area contributed by atoms with Crippen LogP contribution in [-0.2, 0) is 0 Å². The molecular formula is C11H10BrF3O3. The van der Waals surface area contributed by atoms with Crippen LogP contribution in [0.5, 0.6) is 11.5 Å². The summed E-state index contributed by atoms with van der Waals surface area (Å²) >= 11 is 3.00. The average Bonchev–Trinajstić information content (AvgIpc) is 2.50. The Hall–Kier alpha value is -0.950. The summed E-state index contributed by atoms with van der Waals surface area (Å²) in [6.07, 6.45) is -6.62. The molecule has 18 heavy (non-hydrogen) atoms. The zero-order valence-electron chi connectivity index (χ0n) is 9.13. The lowest BCUT2D eigenvalue weighted by Gasteiger charge is -2.18. The Balaban J connectivity index is 2.41. The van der Waals surface area contributed by atoms with E-state index in [1.54, 1.807) is 0 Å². The van der Waals surface area contributed by atoms with E-state index in [2.05, 4.69) is 15.9 Å². The number of alkyl halides is 3. The molecule has 1 aliphatic heterocycles. The summed E-state index contributed by atoms with van der Waals surface area (Å²) in [6, 6.07) is 2.54. The molecule has 1 unspecified atom stereocenters. The predicted molar refractivity (Wildman–Crippen MR) is 60.8 cm³/mol. The number of ether oxygens (including phenoxy) is 2. The maximum atomic E-state index is 12.5. The lowest BCUT2D eigenvalue weighted by atomic mass is 10.1. The van der Waals surface area contributed by atoms with Crippen molar-refractivity contribution in [2.45, 2.75) is 18.7 Å². The van der Waals surface area contributed by atoms with E-state index < -0.39 is 12.3 Å². The van der Waals surface area contributed by atoms with Crippen molar-refractivity contribution in [3.63, 3.8) is 0 Å². The largest absolute Gasteiger partial charge is 0.490 e. The number of hydrogen-bond acceptors (Lipinski definition) is 3. The summed E-state index contributed by atoms with van der Waals surface area (Å²) in [7, 11) is 0. The van der Waals surface area contributed by atoms with E-state index >= 15 is 0 Å². The first-order valence-electron chi connectivity index (χ1n) is 5.23. The van der Waals surface area contributed by atoms with Gasteiger partial charge in [0.25, 0.3) is 0 Å². The van der Waals surface area contributed by atoms with E-state index in [-0.39, 0.29) is 15.8 Å². The predicted octanol–water partition coefficient (Wildman–Crippen LogP) is 3.21. The molecule has 0 saturated carbocycles. The molecule has 1 aromatic rings. The molecule has 0 amide bonds. The van der Waals surface area contributed by atoms with E-state index in [1.807, 2.05) is 0 Å². The standard InChI is InChI=1S/C11H10BrF3O3/c12-7-5-9-8(17-2-1-3-18-9)4-6(7)10(16)11(13,14)15/h4-5,10,16H,1-3H2. The quantitative estimate of drug-likeness (QED) is 0.861. The highest BCUT2D eigenvalue weighted by atomic mass is 79.9. The second-order valence-electron chi connectivity index (χ2n) is 3.82. The highest BCUT2D eigenvalue weighted by molar-refractivity contribution is 9.10. The van der Waals surface area contributed by atoms with Crippen LogP contribution in [-0.4, -0.2) is 24.5 Å². The van der Waals surface area contributed by atoms with Crippen LogP contribution in [0.25, 0.3) is 0 Å². The summed E-state index contributed by atoms with van der Waals surface area (Å²) in [4.78, 5) is 0. The number of aliphatic hydroxyl groups excluding tert-OH is 1. The van der Waals surface area contributed by atoms with Gasteiger partial charge in [0.15, 0.2) is 17.6 Å². The van der Waals surface area contributed by atoms with Gasteiger partial charge in [-0.15, -0.1) is 0 Å². The second kappa shape index (κ2) is 4.97. The Labute approximate surface area is 110 Å². The van der Waals surface area contributed by atoms with Crippen LogP contribution in [0.3, 0.4) is 0 Å². The molecule has 1 heterocycles. The van der Waals surface area contributed by atoms with Gasteiger partial charge in [0.1, 0.15) is 0 Å². The fraction of sp³-hybridized carbons (Fsp3) is 0.455. The first kappa shape index (κ1) is 13.5. The van der Waals surface area contributed by atoms with Crippen molar-refractivity contribution in [1.29, 1.82) is 0 Å². The van der Waals surface area contributed by atoms with Gasteiger partial charge < -0.3 is 14.6 Å². The molecule has 7 heteroatoms. The molecule has 0 radical (unpaired) electrons. The maximum Gasteiger partial charge on any atom is 0.418 e. The fourth-order valence-corrected chi connectivity index (χ4v) is 2.12. The normalized spacial score (nSPS) is 17.2. The van der Waals surface area contributed by atoms with Gasteiger partial charge >= 0.3 is 6.18 Å². The van der Waals surface area contributed by atoms with Crippen LogP contribution in [0.2, 0.25) is 0 Å². The van der Waals surface area contributed by atoms with Crippen LogP contribution >= 0.6 is 15.9 Å². The van der Waals surface area contributed by atoms with Gasteiger partial charge in [-0.2, -0.15) is 13.2 Å². The van der Waals surface area contributed by atoms with E-state index in [1.165, 1.54) is 6.07 Å². The number of halogens is 4. The van der Waals surface area contributed by atoms with Crippen molar-refractivity contribution in [3.8, 4) is 11.5 Å². The Morgan fingerprint density at radius 1 is 1.17 bits per heavy atom. The average molecular weight is 327 g/mol. The van der Waals surface area contributed by atoms with Crippen molar-refractivity contribution >= 4 is 15.9 Å². The first-order chi connectivity index (χ1) is 8.39. The maximum absolute atomic E-state index is 12.5. The zero-order valence-corrected chi connectivity index (χ0v) is 10.7. The fourth-order valence-electron chi connectivity index (χ4n) is 1.59. The highest BCUT2D eigenvalue weighted by Crippen LogP contribution is 2.42. The van der Waals surface area contributed by atoms with E-state index in [4.69, 9.17) is 9.47 Å². The molecule has 0 fully saturated rings. The summed E-state index contributed by atoms with van der Waals surface area (Å²) in [5.74, 6) is 0.589. The Kier molecular flexibility index (Phi) is 3.72. The molecule has 0 spiro atoms. The third-order valence-corrected chi connectivity index (χ3v) is 3.16. The van der Waals surface area contributed by atoms with Gasteiger partial charge in [0, 0.05) is 16.5 Å². The van der Waals surface area contributed by atoms with Gasteiger partial charge in [-0.25, -0.2) is 0 Å². The molecule has 1 aromatic carbocycles. The molecule has 0 saturated heterocycles. The Morgan fingerprint density at radius 3 is 2.28 bits per heavy atom. The minimum atomic E-state index is -4.72. The third kappa shape index (κ3) is 2.72. The third-order valence-electron chi connectivity index (χ3n) is 2.47. The molecule has 1 aliphatic rings. The van der Waals surface area contributed by atoms with Crippen LogP contribution in [0.4, 0.5) is 13.2 Å². The number of aliphatic hydroxyl groups is 1. The van der Waals surface area contributed by atoms with Gasteiger partial charge in [-0.3, -0.25) is 0 Å². The van der Waals surface area contributed by atoms with E-state index in [0.29, 0.717) is 25.4 Å². The molecular weight excluding hydrogens is 317 g/mol. The SMILES string of the molecule is OC(c1cc2c(cc1Br)OCCCO2)C(F)(F)F. The van der Waals surface area contributed by atoms with Crippen molar-refractivity contribution in [2.75, 3.05) is 13.2 Å². The molecule has 1 atom stereocenters. The molecule has 1 N–H and O–H groups in total. The van der Waals surface area contributed by atoms with Crippen LogP contribution in [0.1, 0.15) is 18.1 Å². The van der Waals surface area contributed by atoms with Crippen LogP contribution in [0.15, 0.2) is 16.6 Å². The molecule has 0 aliphatic carbocycles. The Bertz CT molecular complexity index is 448. The number of benzene rings is 1. The van der Waals surface area contributed by atoms with Crippen LogP contribution < -0.4 is 9.47 Å². The Morgan fingerprint density at radius 2 is 1.72 bits per heavy atom. The molecule has 2 rings (SSSR count). The van der Waals surface area contributed by atoms with Gasteiger partial charge in [0.2, 0.25) is 0 Å². The number of rotatable bonds is 1. The minimum absolute atomic E-state index is 0.136. The number of hydrogen-bond donors (Lipinski definition) is 1. The minimum Gasteiger partial charge on any atom is -0.490 e. The monoisotopic (exact) mass is 326 g/mol. The zero-order chi connectivity index (χ0) is 13.3. The number of fused-ring (bicyclic) bond motifs is 1. The summed E-state index contributed by atoms with van der Waals surface area (Å²) < 4.78 is 48.2. The lowest BCUT2D eigenvalue weighted by molar-refractivity contribution is -0.207. The highest BCUT2D eigenvalue weighted by Gasteiger charge is 2.41. The van der Waals surface area contributed by atoms with Crippen molar-refractivity contribution in [1.82, 2.24) is 0 Å². The molecule has 0 bridgehead atoms. The van der Waals surface area contributed by atoms with Crippen molar-refractivity contribution < 1.29 is 27.8 Å². The molecule has 3 nitrogen and oxygen atoms in total.